The van der Waals surface area contributed by atoms with E-state index < -0.39 is 10.9 Å². The van der Waals surface area contributed by atoms with Gasteiger partial charge in [-0.15, -0.1) is 0 Å². The van der Waals surface area contributed by atoms with E-state index in [-0.39, 0.29) is 29.6 Å². The molecule has 0 amide bonds. The summed E-state index contributed by atoms with van der Waals surface area (Å²) < 4.78 is 17.6. The van der Waals surface area contributed by atoms with Gasteiger partial charge in [0.15, 0.2) is 10.9 Å². The fourth-order valence-corrected chi connectivity index (χ4v) is 0.534. The van der Waals surface area contributed by atoms with Gasteiger partial charge in [0.25, 0.3) is 0 Å². The van der Waals surface area contributed by atoms with E-state index in [4.69, 9.17) is 8.42 Å². The maximum absolute atomic E-state index is 8.81. The summed E-state index contributed by atoms with van der Waals surface area (Å²) in [6.45, 7) is 2.08. The minimum absolute atomic E-state index is 0. The number of thiol groups is 1. The molecule has 0 saturated carbocycles. The molecule has 1 aromatic carbocycles. The second kappa shape index (κ2) is 9.22. The summed E-state index contributed by atoms with van der Waals surface area (Å²) >= 11 is 0. The van der Waals surface area contributed by atoms with Crippen molar-refractivity contribution in [2.75, 3.05) is 0 Å². The van der Waals surface area contributed by atoms with Crippen molar-refractivity contribution >= 4 is 40.4 Å². The van der Waals surface area contributed by atoms with Gasteiger partial charge in [-0.25, -0.2) is 13.6 Å². The Morgan fingerprint density at radius 3 is 1.67 bits per heavy atom. The molecule has 0 bridgehead atoms. The summed E-state index contributed by atoms with van der Waals surface area (Å²) in [7, 11) is -2.62. The van der Waals surface area contributed by atoms with Crippen molar-refractivity contribution in [2.24, 2.45) is 5.14 Å². The van der Waals surface area contributed by atoms with E-state index in [1.807, 2.05) is 18.2 Å². The van der Waals surface area contributed by atoms with Crippen LogP contribution in [0.4, 0.5) is 0 Å². The average Bonchev–Trinajstić information content (AvgIpc) is 1.87. The van der Waals surface area contributed by atoms with Crippen LogP contribution in [0.1, 0.15) is 5.56 Å². The van der Waals surface area contributed by atoms with Gasteiger partial charge in [-0.1, -0.05) is 35.9 Å². The van der Waals surface area contributed by atoms with E-state index in [1.54, 1.807) is 0 Å². The van der Waals surface area contributed by atoms with Crippen LogP contribution in [0.25, 0.3) is 0 Å². The Balaban J connectivity index is 0. The fourth-order valence-electron chi connectivity index (χ4n) is 0.534. The van der Waals surface area contributed by atoms with Gasteiger partial charge in [0.05, 0.1) is 0 Å². The van der Waals surface area contributed by atoms with Crippen molar-refractivity contribution < 1.29 is 8.42 Å². The predicted octanol–water partition coefficient (Wildman–Crippen LogP) is -0.182. The molecule has 0 spiro atoms. The van der Waals surface area contributed by atoms with E-state index in [1.165, 1.54) is 5.56 Å². The molecule has 0 aromatic heterocycles. The van der Waals surface area contributed by atoms with Crippen molar-refractivity contribution in [3.8, 4) is 0 Å². The Bertz CT molecular complexity index is 253. The molecule has 1 rings (SSSR count). The third kappa shape index (κ3) is 12.8. The van der Waals surface area contributed by atoms with Crippen LogP contribution < -0.4 is 5.14 Å². The Hall–Kier alpha value is 0.130. The van der Waals surface area contributed by atoms with Crippen LogP contribution in [0.5, 0.6) is 0 Å². The molecular formula is C7H12NNaO2S. The van der Waals surface area contributed by atoms with Gasteiger partial charge < -0.3 is 0 Å². The van der Waals surface area contributed by atoms with Gasteiger partial charge in [-0.05, 0) is 6.92 Å². The molecule has 0 saturated heterocycles. The average molecular weight is 197 g/mol. The third-order valence-electron chi connectivity index (χ3n) is 0.940. The second-order valence-corrected chi connectivity index (χ2v) is 2.51. The number of nitrogens with two attached hydrogens (primary N) is 1. The first kappa shape index (κ1) is 14.6. The van der Waals surface area contributed by atoms with Crippen LogP contribution in [0.15, 0.2) is 30.3 Å². The summed E-state index contributed by atoms with van der Waals surface area (Å²) in [6.07, 6.45) is 0. The summed E-state index contributed by atoms with van der Waals surface area (Å²) in [5.74, 6) is 0. The Labute approximate surface area is 96.3 Å². The van der Waals surface area contributed by atoms with Gasteiger partial charge in [-0.3, -0.25) is 0 Å². The molecule has 0 radical (unpaired) electrons. The predicted molar refractivity (Wildman–Crippen MR) is 52.8 cm³/mol. The fraction of sp³-hybridized carbons (Fsp3) is 0.143. The molecule has 12 heavy (non-hydrogen) atoms. The first-order chi connectivity index (χ1) is 5.13. The minimum atomic E-state index is -2.62. The van der Waals surface area contributed by atoms with E-state index in [2.05, 4.69) is 24.2 Å². The molecule has 3 nitrogen and oxygen atoms in total. The topological polar surface area (TPSA) is 60.2 Å². The zero-order valence-corrected chi connectivity index (χ0v) is 7.12. The molecular weight excluding hydrogens is 185 g/mol. The SMILES string of the molecule is Cc1ccccc1.N[SH](=O)=O.[NaH]. The summed E-state index contributed by atoms with van der Waals surface area (Å²) in [4.78, 5) is 0. The summed E-state index contributed by atoms with van der Waals surface area (Å²) in [5.41, 5.74) is 1.32. The van der Waals surface area contributed by atoms with Crippen molar-refractivity contribution in [3.63, 3.8) is 0 Å². The maximum atomic E-state index is 8.81. The Kier molecular flexibility index (Phi) is 11.3. The normalized spacial score (nSPS) is 7.92. The number of hydrogen-bond acceptors (Lipinski definition) is 2. The molecule has 5 heteroatoms. The van der Waals surface area contributed by atoms with Crippen LogP contribution in [-0.4, -0.2) is 38.0 Å². The Morgan fingerprint density at radius 1 is 1.17 bits per heavy atom. The molecule has 2 N–H and O–H groups in total. The molecule has 0 heterocycles. The molecule has 0 aliphatic rings. The first-order valence-electron chi connectivity index (χ1n) is 3.03. The zero-order valence-electron chi connectivity index (χ0n) is 6.23. The third-order valence-corrected chi connectivity index (χ3v) is 0.940. The molecule has 0 atom stereocenters. The van der Waals surface area contributed by atoms with E-state index in [0.717, 1.165) is 0 Å². The van der Waals surface area contributed by atoms with Crippen LogP contribution in [0, 0.1) is 6.92 Å². The van der Waals surface area contributed by atoms with Gasteiger partial charge in [0.1, 0.15) is 0 Å². The molecule has 0 unspecified atom stereocenters. The number of rotatable bonds is 0. The van der Waals surface area contributed by atoms with E-state index >= 15 is 0 Å². The molecule has 0 aliphatic heterocycles. The van der Waals surface area contributed by atoms with Crippen LogP contribution in [-0.2, 0) is 10.9 Å². The van der Waals surface area contributed by atoms with Gasteiger partial charge in [0.2, 0.25) is 0 Å². The quantitative estimate of drug-likeness (QED) is 0.447. The summed E-state index contributed by atoms with van der Waals surface area (Å²) in [5, 5.41) is 4.06. The van der Waals surface area contributed by atoms with E-state index in [0.29, 0.717) is 0 Å². The van der Waals surface area contributed by atoms with E-state index in [9.17, 15) is 0 Å². The zero-order chi connectivity index (χ0) is 8.69. The monoisotopic (exact) mass is 197 g/mol. The first-order valence-corrected chi connectivity index (χ1v) is 4.28. The van der Waals surface area contributed by atoms with Crippen molar-refractivity contribution in [2.45, 2.75) is 6.92 Å². The van der Waals surface area contributed by atoms with Crippen molar-refractivity contribution in [3.05, 3.63) is 35.9 Å². The Morgan fingerprint density at radius 2 is 1.50 bits per heavy atom. The van der Waals surface area contributed by atoms with Crippen LogP contribution >= 0.6 is 0 Å². The van der Waals surface area contributed by atoms with Gasteiger partial charge in [0, 0.05) is 0 Å². The molecule has 1 aromatic rings. The number of hydrogen-bond donors (Lipinski definition) is 2. The number of benzene rings is 1. The molecule has 0 aliphatic carbocycles. The number of aryl methyl sites for hydroxylation is 1. The molecule has 64 valence electrons. The van der Waals surface area contributed by atoms with Crippen molar-refractivity contribution in [1.29, 1.82) is 0 Å². The summed E-state index contributed by atoms with van der Waals surface area (Å²) in [6, 6.07) is 10.3. The van der Waals surface area contributed by atoms with Crippen molar-refractivity contribution in [1.82, 2.24) is 0 Å². The second-order valence-electron chi connectivity index (χ2n) is 1.94. The molecule has 0 fully saturated rings. The van der Waals surface area contributed by atoms with Gasteiger partial charge >= 0.3 is 29.6 Å². The van der Waals surface area contributed by atoms with Crippen LogP contribution in [0.3, 0.4) is 0 Å². The van der Waals surface area contributed by atoms with Crippen LogP contribution in [0.2, 0.25) is 0 Å². The van der Waals surface area contributed by atoms with Gasteiger partial charge in [-0.2, -0.15) is 0 Å². The standard InChI is InChI=1S/C7H8.H3NO2S.Na.H/c1-7-5-3-2-4-6-7;1-4(2)3;;/h2-6H,1H3;4H,(H2,1,2,3);;.